The minimum absolute atomic E-state index is 0.0841. The van der Waals surface area contributed by atoms with E-state index in [9.17, 15) is 4.79 Å². The second-order valence-electron chi connectivity index (χ2n) is 4.62. The van der Waals surface area contributed by atoms with Gasteiger partial charge in [0.1, 0.15) is 0 Å². The first-order valence-electron chi connectivity index (χ1n) is 6.18. The maximum atomic E-state index is 12.4. The largest absolute Gasteiger partial charge is 0.360 e. The number of benzene rings is 2. The Hall–Kier alpha value is -1.58. The molecule has 1 N–H and O–H groups in total. The van der Waals surface area contributed by atoms with Gasteiger partial charge in [0.05, 0.1) is 0 Å². The molecule has 0 atom stereocenters. The highest BCUT2D eigenvalue weighted by Crippen LogP contribution is 2.23. The van der Waals surface area contributed by atoms with Gasteiger partial charge in [-0.25, -0.2) is 0 Å². The van der Waals surface area contributed by atoms with Crippen LogP contribution in [-0.4, -0.2) is 10.8 Å². The Labute approximate surface area is 129 Å². The van der Waals surface area contributed by atoms with Gasteiger partial charge >= 0.3 is 0 Å². The number of H-pyrrole nitrogens is 1. The van der Waals surface area contributed by atoms with Gasteiger partial charge in [0.15, 0.2) is 5.78 Å². The number of halogens is 2. The van der Waals surface area contributed by atoms with Crippen LogP contribution in [0.15, 0.2) is 53.1 Å². The zero-order chi connectivity index (χ0) is 14.1. The summed E-state index contributed by atoms with van der Waals surface area (Å²) in [4.78, 5) is 15.5. The number of aromatic nitrogens is 1. The predicted molar refractivity (Wildman–Crippen MR) is 85.5 cm³/mol. The third-order valence-electron chi connectivity index (χ3n) is 3.20. The number of hydrogen-bond donors (Lipinski definition) is 1. The van der Waals surface area contributed by atoms with E-state index in [1.807, 2.05) is 36.4 Å². The number of carbonyl (C=O) groups excluding carboxylic acids is 1. The molecule has 1 aromatic heterocycles. The average molecular weight is 349 g/mol. The minimum atomic E-state index is 0.0841. The van der Waals surface area contributed by atoms with Crippen molar-refractivity contribution in [3.05, 3.63) is 69.3 Å². The summed E-state index contributed by atoms with van der Waals surface area (Å²) in [6, 6.07) is 13.2. The molecular weight excluding hydrogens is 338 g/mol. The van der Waals surface area contributed by atoms with Crippen molar-refractivity contribution in [2.24, 2.45) is 0 Å². The lowest BCUT2D eigenvalue weighted by Crippen LogP contribution is -2.02. The van der Waals surface area contributed by atoms with E-state index in [4.69, 9.17) is 11.6 Å². The van der Waals surface area contributed by atoms with E-state index in [1.165, 1.54) is 0 Å². The molecule has 1 heterocycles. The summed E-state index contributed by atoms with van der Waals surface area (Å²) < 4.78 is 0.987. The van der Waals surface area contributed by atoms with E-state index in [0.29, 0.717) is 17.0 Å². The first-order valence-corrected chi connectivity index (χ1v) is 7.35. The van der Waals surface area contributed by atoms with Crippen molar-refractivity contribution >= 4 is 44.2 Å². The molecule has 20 heavy (non-hydrogen) atoms. The number of rotatable bonds is 3. The zero-order valence-electron chi connectivity index (χ0n) is 10.5. The standard InChI is InChI=1S/C16H11BrClNO/c17-11-4-5-13-14(9-19-15(13)8-11)16(20)7-10-2-1-3-12(18)6-10/h1-6,8-9,19H,7H2. The SMILES string of the molecule is O=C(Cc1cccc(Cl)c1)c1c[nH]c2cc(Br)ccc12. The molecule has 0 saturated carbocycles. The van der Waals surface area contributed by atoms with Crippen LogP contribution in [0.5, 0.6) is 0 Å². The molecule has 2 aromatic carbocycles. The maximum absolute atomic E-state index is 12.4. The van der Waals surface area contributed by atoms with Crippen LogP contribution in [0.2, 0.25) is 5.02 Å². The molecule has 0 aliphatic carbocycles. The van der Waals surface area contributed by atoms with Crippen LogP contribution in [0.25, 0.3) is 10.9 Å². The van der Waals surface area contributed by atoms with Crippen molar-refractivity contribution in [1.29, 1.82) is 0 Å². The molecule has 3 rings (SSSR count). The van der Waals surface area contributed by atoms with Crippen molar-refractivity contribution in [3.8, 4) is 0 Å². The van der Waals surface area contributed by atoms with Crippen LogP contribution < -0.4 is 0 Å². The second-order valence-corrected chi connectivity index (χ2v) is 5.97. The molecule has 3 aromatic rings. The molecule has 0 saturated heterocycles. The molecule has 0 fully saturated rings. The van der Waals surface area contributed by atoms with Crippen LogP contribution in [-0.2, 0) is 6.42 Å². The molecule has 0 spiro atoms. The number of ketones is 1. The van der Waals surface area contributed by atoms with Gasteiger partial charge in [0.25, 0.3) is 0 Å². The summed E-state index contributed by atoms with van der Waals surface area (Å²) in [5, 5.41) is 1.60. The van der Waals surface area contributed by atoms with Crippen LogP contribution in [0.1, 0.15) is 15.9 Å². The lowest BCUT2D eigenvalue weighted by molar-refractivity contribution is 0.0994. The van der Waals surface area contributed by atoms with E-state index in [1.54, 1.807) is 12.3 Å². The average Bonchev–Trinajstić information content (AvgIpc) is 2.81. The van der Waals surface area contributed by atoms with Gasteiger partial charge in [-0.05, 0) is 29.8 Å². The summed E-state index contributed by atoms with van der Waals surface area (Å²) >= 11 is 9.36. The molecule has 100 valence electrons. The number of fused-ring (bicyclic) bond motifs is 1. The Morgan fingerprint density at radius 2 is 2.05 bits per heavy atom. The first-order chi connectivity index (χ1) is 9.63. The predicted octanol–water partition coefficient (Wildman–Crippen LogP) is 5.01. The fourth-order valence-electron chi connectivity index (χ4n) is 2.26. The van der Waals surface area contributed by atoms with Gasteiger partial charge in [0, 0.05) is 38.6 Å². The highest BCUT2D eigenvalue weighted by Gasteiger charge is 2.13. The van der Waals surface area contributed by atoms with Gasteiger partial charge in [-0.3, -0.25) is 4.79 Å². The third-order valence-corrected chi connectivity index (χ3v) is 3.93. The molecule has 0 aliphatic rings. The summed E-state index contributed by atoms with van der Waals surface area (Å²) in [5.74, 6) is 0.0841. The van der Waals surface area contributed by atoms with E-state index in [0.717, 1.165) is 20.9 Å². The van der Waals surface area contributed by atoms with Crippen molar-refractivity contribution in [2.45, 2.75) is 6.42 Å². The highest BCUT2D eigenvalue weighted by molar-refractivity contribution is 9.10. The minimum Gasteiger partial charge on any atom is -0.360 e. The van der Waals surface area contributed by atoms with E-state index in [-0.39, 0.29) is 5.78 Å². The molecule has 2 nitrogen and oxygen atoms in total. The van der Waals surface area contributed by atoms with Gasteiger partial charge < -0.3 is 4.98 Å². The van der Waals surface area contributed by atoms with Crippen LogP contribution in [0.3, 0.4) is 0 Å². The van der Waals surface area contributed by atoms with Crippen LogP contribution in [0, 0.1) is 0 Å². The smallest absolute Gasteiger partial charge is 0.169 e. The number of aromatic amines is 1. The Morgan fingerprint density at radius 1 is 1.20 bits per heavy atom. The van der Waals surface area contributed by atoms with Crippen molar-refractivity contribution in [1.82, 2.24) is 4.98 Å². The second kappa shape index (κ2) is 5.43. The number of Topliss-reactive ketones (excluding diaryl/α,β-unsaturated/α-hetero) is 1. The summed E-state index contributed by atoms with van der Waals surface area (Å²) in [7, 11) is 0. The Kier molecular flexibility index (Phi) is 3.64. The van der Waals surface area contributed by atoms with Gasteiger partial charge in [-0.15, -0.1) is 0 Å². The topological polar surface area (TPSA) is 32.9 Å². The van der Waals surface area contributed by atoms with E-state index >= 15 is 0 Å². The lowest BCUT2D eigenvalue weighted by atomic mass is 10.0. The molecular formula is C16H11BrClNO. The maximum Gasteiger partial charge on any atom is 0.169 e. The van der Waals surface area contributed by atoms with Crippen LogP contribution >= 0.6 is 27.5 Å². The van der Waals surface area contributed by atoms with Gasteiger partial charge in [-0.1, -0.05) is 45.7 Å². The quantitative estimate of drug-likeness (QED) is 0.663. The summed E-state index contributed by atoms with van der Waals surface area (Å²) in [5.41, 5.74) is 2.59. The fraction of sp³-hybridized carbons (Fsp3) is 0.0625. The van der Waals surface area contributed by atoms with Gasteiger partial charge in [0.2, 0.25) is 0 Å². The van der Waals surface area contributed by atoms with E-state index in [2.05, 4.69) is 20.9 Å². The number of hydrogen-bond acceptors (Lipinski definition) is 1. The van der Waals surface area contributed by atoms with Gasteiger partial charge in [-0.2, -0.15) is 0 Å². The van der Waals surface area contributed by atoms with Crippen molar-refractivity contribution in [3.63, 3.8) is 0 Å². The third kappa shape index (κ3) is 2.65. The Bertz CT molecular complexity index is 794. The van der Waals surface area contributed by atoms with Crippen molar-refractivity contribution < 1.29 is 4.79 Å². The first kappa shape index (κ1) is 13.4. The lowest BCUT2D eigenvalue weighted by Gasteiger charge is -2.01. The monoisotopic (exact) mass is 347 g/mol. The summed E-state index contributed by atoms with van der Waals surface area (Å²) in [6.07, 6.45) is 2.12. The Balaban J connectivity index is 1.93. The van der Waals surface area contributed by atoms with Crippen LogP contribution in [0.4, 0.5) is 0 Å². The Morgan fingerprint density at radius 3 is 2.85 bits per heavy atom. The van der Waals surface area contributed by atoms with E-state index < -0.39 is 0 Å². The molecule has 4 heteroatoms. The summed E-state index contributed by atoms with van der Waals surface area (Å²) in [6.45, 7) is 0. The zero-order valence-corrected chi connectivity index (χ0v) is 12.8. The molecule has 0 aliphatic heterocycles. The van der Waals surface area contributed by atoms with Crippen molar-refractivity contribution in [2.75, 3.05) is 0 Å². The number of nitrogens with one attached hydrogen (secondary N) is 1. The molecule has 0 unspecified atom stereocenters. The normalized spacial score (nSPS) is 10.9. The fourth-order valence-corrected chi connectivity index (χ4v) is 2.83. The molecule has 0 amide bonds. The number of carbonyl (C=O) groups is 1. The highest BCUT2D eigenvalue weighted by atomic mass is 79.9. The molecule has 0 bridgehead atoms. The molecule has 0 radical (unpaired) electrons.